The summed E-state index contributed by atoms with van der Waals surface area (Å²) < 4.78 is 4.81. The van der Waals surface area contributed by atoms with Gasteiger partial charge in [0.15, 0.2) is 0 Å². The van der Waals surface area contributed by atoms with Crippen LogP contribution in [0.3, 0.4) is 0 Å². The van der Waals surface area contributed by atoms with Crippen molar-refractivity contribution in [3.8, 4) is 0 Å². The van der Waals surface area contributed by atoms with E-state index < -0.39 is 0 Å². The maximum Gasteiger partial charge on any atom is 0.100 e. The van der Waals surface area contributed by atoms with Crippen LogP contribution in [0.25, 0.3) is 0 Å². The lowest BCUT2D eigenvalue weighted by Crippen LogP contribution is -2.00. The number of methoxy groups -OCH3 is 1. The van der Waals surface area contributed by atoms with E-state index in [4.69, 9.17) is 4.74 Å². The van der Waals surface area contributed by atoms with Crippen molar-refractivity contribution in [3.05, 3.63) is 0 Å². The van der Waals surface area contributed by atoms with Crippen molar-refractivity contribution < 1.29 is 4.74 Å². The molecule has 0 heterocycles. The molecule has 7 heavy (non-hydrogen) atoms. The third kappa shape index (κ3) is 4.51. The monoisotopic (exact) mass is 138 g/mol. The molecule has 0 saturated heterocycles. The Morgan fingerprint density at radius 3 is 2.43 bits per heavy atom. The fraction of sp³-hybridized carbons (Fsp3) is 1.00. The van der Waals surface area contributed by atoms with Crippen molar-refractivity contribution >= 4 is 25.3 Å². The molecule has 0 radical (unpaired) electrons. The highest BCUT2D eigenvalue weighted by Crippen LogP contribution is 2.01. The fourth-order valence-electron chi connectivity index (χ4n) is 0.228. The first-order valence-electron chi connectivity index (χ1n) is 2.13. The Balaban J connectivity index is 2.83. The Kier molecular flexibility index (Phi) is 5.26. The molecule has 0 rings (SSSR count). The maximum atomic E-state index is 4.81. The molecule has 0 aromatic carbocycles. The van der Waals surface area contributed by atoms with E-state index in [0.29, 0.717) is 0 Å². The topological polar surface area (TPSA) is 9.23 Å². The largest absolute Gasteiger partial charge is 0.371 e. The average Bonchev–Trinajstić information content (AvgIpc) is 1.68. The third-order valence-corrected chi connectivity index (χ3v) is 1.38. The van der Waals surface area contributed by atoms with Gasteiger partial charge in [-0.3, -0.25) is 0 Å². The quantitative estimate of drug-likeness (QED) is 0.440. The van der Waals surface area contributed by atoms with Gasteiger partial charge in [0.2, 0.25) is 0 Å². The van der Waals surface area contributed by atoms with Crippen LogP contribution in [0.4, 0.5) is 0 Å². The highest BCUT2D eigenvalue weighted by atomic mass is 32.1. The Morgan fingerprint density at radius 2 is 2.29 bits per heavy atom. The van der Waals surface area contributed by atoms with Crippen LogP contribution >= 0.6 is 25.3 Å². The second-order valence-electron chi connectivity index (χ2n) is 1.20. The molecule has 3 heteroatoms. The molecule has 0 fully saturated rings. The van der Waals surface area contributed by atoms with Gasteiger partial charge in [0.25, 0.3) is 0 Å². The van der Waals surface area contributed by atoms with Crippen LogP contribution in [0.2, 0.25) is 0 Å². The van der Waals surface area contributed by atoms with Gasteiger partial charge in [0, 0.05) is 7.11 Å². The molecule has 0 aliphatic rings. The van der Waals surface area contributed by atoms with E-state index in [1.54, 1.807) is 7.11 Å². The lowest BCUT2D eigenvalue weighted by Gasteiger charge is -2.03. The second kappa shape index (κ2) is 4.81. The van der Waals surface area contributed by atoms with Crippen molar-refractivity contribution in [1.29, 1.82) is 0 Å². The van der Waals surface area contributed by atoms with Crippen LogP contribution in [0.1, 0.15) is 6.42 Å². The lowest BCUT2D eigenvalue weighted by atomic mass is 10.5. The molecule has 0 aromatic rings. The first kappa shape index (κ1) is 7.66. The summed E-state index contributed by atoms with van der Waals surface area (Å²) in [5.74, 6) is 0.835. The standard InChI is InChI=1S/C4H10OS2/c1-5-4(7)2-3-6/h4,6-7H,2-3H2,1H3. The van der Waals surface area contributed by atoms with E-state index in [-0.39, 0.29) is 5.44 Å². The summed E-state index contributed by atoms with van der Waals surface area (Å²) in [6.07, 6.45) is 0.905. The first-order valence-corrected chi connectivity index (χ1v) is 3.28. The molecule has 0 aromatic heterocycles. The molecule has 1 atom stereocenters. The molecule has 0 spiro atoms. The van der Waals surface area contributed by atoms with Crippen LogP contribution in [0, 0.1) is 0 Å². The van der Waals surface area contributed by atoms with E-state index in [1.165, 1.54) is 0 Å². The second-order valence-corrected chi connectivity index (χ2v) is 2.23. The highest BCUT2D eigenvalue weighted by Gasteiger charge is 1.94. The molecule has 0 saturated carbocycles. The number of ether oxygens (including phenoxy) is 1. The van der Waals surface area contributed by atoms with E-state index in [9.17, 15) is 0 Å². The molecule has 0 amide bonds. The van der Waals surface area contributed by atoms with E-state index in [0.717, 1.165) is 12.2 Å². The summed E-state index contributed by atoms with van der Waals surface area (Å²) in [6, 6.07) is 0. The number of hydrogen-bond acceptors (Lipinski definition) is 3. The predicted molar refractivity (Wildman–Crippen MR) is 38.3 cm³/mol. The molecule has 44 valence electrons. The molecule has 1 nitrogen and oxygen atoms in total. The van der Waals surface area contributed by atoms with Crippen molar-refractivity contribution in [2.45, 2.75) is 11.9 Å². The number of thiol groups is 2. The molecular formula is C4H10OS2. The van der Waals surface area contributed by atoms with Crippen LogP contribution < -0.4 is 0 Å². The Morgan fingerprint density at radius 1 is 1.71 bits per heavy atom. The first-order chi connectivity index (χ1) is 3.31. The van der Waals surface area contributed by atoms with Crippen molar-refractivity contribution in [2.24, 2.45) is 0 Å². The number of rotatable bonds is 3. The van der Waals surface area contributed by atoms with Crippen molar-refractivity contribution in [2.75, 3.05) is 12.9 Å². The summed E-state index contributed by atoms with van der Waals surface area (Å²) >= 11 is 8.02. The Hall–Kier alpha value is 0.660. The van der Waals surface area contributed by atoms with Crippen LogP contribution in [0.5, 0.6) is 0 Å². The zero-order valence-corrected chi connectivity index (χ0v) is 6.08. The molecule has 0 aliphatic carbocycles. The van der Waals surface area contributed by atoms with E-state index in [1.807, 2.05) is 0 Å². The third-order valence-electron chi connectivity index (χ3n) is 0.648. The van der Waals surface area contributed by atoms with E-state index in [2.05, 4.69) is 25.3 Å². The van der Waals surface area contributed by atoms with Gasteiger partial charge >= 0.3 is 0 Å². The molecular weight excluding hydrogens is 128 g/mol. The summed E-state index contributed by atoms with van der Waals surface area (Å²) in [5, 5.41) is 0. The zero-order valence-electron chi connectivity index (χ0n) is 4.29. The normalized spacial score (nSPS) is 14.1. The highest BCUT2D eigenvalue weighted by molar-refractivity contribution is 7.81. The van der Waals surface area contributed by atoms with E-state index >= 15 is 0 Å². The van der Waals surface area contributed by atoms with Crippen molar-refractivity contribution in [1.82, 2.24) is 0 Å². The molecule has 0 bridgehead atoms. The van der Waals surface area contributed by atoms with Crippen molar-refractivity contribution in [3.63, 3.8) is 0 Å². The van der Waals surface area contributed by atoms with Gasteiger partial charge in [-0.1, -0.05) is 0 Å². The van der Waals surface area contributed by atoms with Gasteiger partial charge in [-0.2, -0.15) is 12.6 Å². The minimum atomic E-state index is 0.0671. The summed E-state index contributed by atoms with van der Waals surface area (Å²) in [6.45, 7) is 0. The summed E-state index contributed by atoms with van der Waals surface area (Å²) in [4.78, 5) is 0. The predicted octanol–water partition coefficient (Wildman–Crippen LogP) is 1.21. The van der Waals surface area contributed by atoms with Gasteiger partial charge in [0.1, 0.15) is 5.44 Å². The molecule has 0 N–H and O–H groups in total. The average molecular weight is 138 g/mol. The minimum absolute atomic E-state index is 0.0671. The lowest BCUT2D eigenvalue weighted by molar-refractivity contribution is 0.173. The zero-order chi connectivity index (χ0) is 5.70. The fourth-order valence-corrected chi connectivity index (χ4v) is 0.796. The van der Waals surface area contributed by atoms with Gasteiger partial charge in [-0.25, -0.2) is 0 Å². The summed E-state index contributed by atoms with van der Waals surface area (Å²) in [7, 11) is 1.64. The smallest absolute Gasteiger partial charge is 0.100 e. The van der Waals surface area contributed by atoms with Gasteiger partial charge < -0.3 is 4.74 Å². The molecule has 1 unspecified atom stereocenters. The Bertz CT molecular complexity index is 40.7. The Labute approximate surface area is 55.3 Å². The van der Waals surface area contributed by atoms with Gasteiger partial charge in [-0.15, -0.1) is 12.6 Å². The van der Waals surface area contributed by atoms with Crippen LogP contribution in [-0.4, -0.2) is 18.3 Å². The SMILES string of the molecule is COC(S)CCS. The number of hydrogen-bond donors (Lipinski definition) is 2. The minimum Gasteiger partial charge on any atom is -0.371 e. The summed E-state index contributed by atoms with van der Waals surface area (Å²) in [5.41, 5.74) is 0.0671. The van der Waals surface area contributed by atoms with Gasteiger partial charge in [0.05, 0.1) is 0 Å². The molecule has 0 aliphatic heterocycles. The van der Waals surface area contributed by atoms with Gasteiger partial charge in [-0.05, 0) is 12.2 Å². The van der Waals surface area contributed by atoms with Crippen LogP contribution in [0.15, 0.2) is 0 Å². The maximum absolute atomic E-state index is 4.81. The van der Waals surface area contributed by atoms with Crippen LogP contribution in [-0.2, 0) is 4.74 Å².